The van der Waals surface area contributed by atoms with E-state index in [2.05, 4.69) is 44.1 Å². The standard InChI is InChI=1S/C20H33N5O.HI/c1-4-23-11-7-8-17(23)16-22-20(21-2)25-14-12-24(13-15-25)18-9-5-6-10-19(18)26-3;/h5-6,9-10,17H,4,7-8,11-16H2,1-3H3,(H,21,22);1H. The fourth-order valence-corrected chi connectivity index (χ4v) is 4.13. The first-order valence-corrected chi connectivity index (χ1v) is 9.84. The van der Waals surface area contributed by atoms with Gasteiger partial charge in [-0.25, -0.2) is 0 Å². The van der Waals surface area contributed by atoms with Crippen LogP contribution in [0.5, 0.6) is 5.75 Å². The number of likely N-dealkylation sites (N-methyl/N-ethyl adjacent to an activating group) is 1. The zero-order valence-corrected chi connectivity index (χ0v) is 19.2. The minimum atomic E-state index is 0. The number of nitrogens with zero attached hydrogens (tertiary/aromatic N) is 4. The highest BCUT2D eigenvalue weighted by molar-refractivity contribution is 14.0. The maximum absolute atomic E-state index is 5.51. The van der Waals surface area contributed by atoms with Crippen LogP contribution in [-0.4, -0.2) is 81.8 Å². The summed E-state index contributed by atoms with van der Waals surface area (Å²) in [6.07, 6.45) is 2.61. The van der Waals surface area contributed by atoms with Gasteiger partial charge in [-0.15, -0.1) is 24.0 Å². The molecule has 27 heavy (non-hydrogen) atoms. The molecule has 0 aliphatic carbocycles. The van der Waals surface area contributed by atoms with Crippen LogP contribution in [0.4, 0.5) is 5.69 Å². The lowest BCUT2D eigenvalue weighted by molar-refractivity contribution is 0.264. The zero-order chi connectivity index (χ0) is 18.4. The molecule has 1 unspecified atom stereocenters. The van der Waals surface area contributed by atoms with Gasteiger partial charge in [-0.05, 0) is 38.1 Å². The van der Waals surface area contributed by atoms with E-state index in [-0.39, 0.29) is 24.0 Å². The molecule has 0 aromatic heterocycles. The lowest BCUT2D eigenvalue weighted by atomic mass is 10.2. The molecule has 1 atom stereocenters. The van der Waals surface area contributed by atoms with Gasteiger partial charge in [0.2, 0.25) is 0 Å². The van der Waals surface area contributed by atoms with Crippen LogP contribution in [0.1, 0.15) is 19.8 Å². The van der Waals surface area contributed by atoms with E-state index in [1.165, 1.54) is 25.1 Å². The van der Waals surface area contributed by atoms with Gasteiger partial charge in [0.25, 0.3) is 0 Å². The van der Waals surface area contributed by atoms with Gasteiger partial charge < -0.3 is 19.9 Å². The fraction of sp³-hybridized carbons (Fsp3) is 0.650. The summed E-state index contributed by atoms with van der Waals surface area (Å²) in [5.41, 5.74) is 1.18. The van der Waals surface area contributed by atoms with E-state index in [0.29, 0.717) is 6.04 Å². The van der Waals surface area contributed by atoms with Crippen molar-refractivity contribution in [3.8, 4) is 5.75 Å². The van der Waals surface area contributed by atoms with Gasteiger partial charge in [0.1, 0.15) is 5.75 Å². The largest absolute Gasteiger partial charge is 0.495 e. The second kappa shape index (κ2) is 10.9. The van der Waals surface area contributed by atoms with Crippen molar-refractivity contribution in [3.05, 3.63) is 24.3 Å². The quantitative estimate of drug-likeness (QED) is 0.393. The average Bonchev–Trinajstić information content (AvgIpc) is 3.16. The molecule has 1 aromatic carbocycles. The van der Waals surface area contributed by atoms with Gasteiger partial charge in [-0.3, -0.25) is 9.89 Å². The number of piperazine rings is 1. The van der Waals surface area contributed by atoms with E-state index in [0.717, 1.165) is 51.0 Å². The van der Waals surface area contributed by atoms with Crippen molar-refractivity contribution in [2.24, 2.45) is 4.99 Å². The number of hydrogen-bond acceptors (Lipinski definition) is 4. The molecule has 152 valence electrons. The maximum atomic E-state index is 5.51. The molecule has 0 amide bonds. The van der Waals surface area contributed by atoms with Crippen molar-refractivity contribution in [2.75, 3.05) is 64.9 Å². The number of anilines is 1. The SMILES string of the molecule is CCN1CCCC1CNC(=NC)N1CCN(c2ccccc2OC)CC1.I. The molecule has 2 fully saturated rings. The first kappa shape index (κ1) is 22.1. The monoisotopic (exact) mass is 487 g/mol. The van der Waals surface area contributed by atoms with Crippen LogP contribution >= 0.6 is 24.0 Å². The third-order valence-electron chi connectivity index (χ3n) is 5.62. The predicted molar refractivity (Wildman–Crippen MR) is 124 cm³/mol. The molecule has 6 nitrogen and oxygen atoms in total. The summed E-state index contributed by atoms with van der Waals surface area (Å²) in [7, 11) is 3.63. The van der Waals surface area contributed by atoms with Crippen molar-refractivity contribution in [2.45, 2.75) is 25.8 Å². The summed E-state index contributed by atoms with van der Waals surface area (Å²) in [4.78, 5) is 11.9. The Kier molecular flexibility index (Phi) is 8.95. The van der Waals surface area contributed by atoms with E-state index >= 15 is 0 Å². The van der Waals surface area contributed by atoms with Crippen LogP contribution in [0.25, 0.3) is 0 Å². The number of ether oxygens (including phenoxy) is 1. The summed E-state index contributed by atoms with van der Waals surface area (Å²) in [5.74, 6) is 1.98. The van der Waals surface area contributed by atoms with E-state index in [9.17, 15) is 0 Å². The molecular formula is C20H34IN5O. The molecule has 0 spiro atoms. The highest BCUT2D eigenvalue weighted by Gasteiger charge is 2.25. The number of rotatable bonds is 5. The van der Waals surface area contributed by atoms with Crippen LogP contribution in [0, 0.1) is 0 Å². The third-order valence-corrected chi connectivity index (χ3v) is 5.62. The first-order valence-electron chi connectivity index (χ1n) is 9.84. The molecule has 2 heterocycles. The Balaban J connectivity index is 0.00000261. The molecule has 2 aliphatic rings. The second-order valence-corrected chi connectivity index (χ2v) is 7.00. The van der Waals surface area contributed by atoms with E-state index < -0.39 is 0 Å². The van der Waals surface area contributed by atoms with Crippen molar-refractivity contribution in [1.29, 1.82) is 0 Å². The highest BCUT2D eigenvalue weighted by Crippen LogP contribution is 2.28. The van der Waals surface area contributed by atoms with Gasteiger partial charge in [0, 0.05) is 45.8 Å². The third kappa shape index (κ3) is 5.40. The van der Waals surface area contributed by atoms with Gasteiger partial charge in [0.05, 0.1) is 12.8 Å². The summed E-state index contributed by atoms with van der Waals surface area (Å²) in [6, 6.07) is 8.91. The van der Waals surface area contributed by atoms with Crippen LogP contribution < -0.4 is 15.0 Å². The molecule has 2 saturated heterocycles. The fourth-order valence-electron chi connectivity index (χ4n) is 4.13. The number of nitrogens with one attached hydrogen (secondary N) is 1. The lowest BCUT2D eigenvalue weighted by Gasteiger charge is -2.38. The maximum Gasteiger partial charge on any atom is 0.193 e. The van der Waals surface area contributed by atoms with Crippen LogP contribution in [0.15, 0.2) is 29.3 Å². The Hall–Kier alpha value is -1.22. The minimum absolute atomic E-state index is 0. The number of hydrogen-bond donors (Lipinski definition) is 1. The Bertz CT molecular complexity index is 604. The lowest BCUT2D eigenvalue weighted by Crippen LogP contribution is -2.54. The van der Waals surface area contributed by atoms with Crippen molar-refractivity contribution in [3.63, 3.8) is 0 Å². The molecule has 0 radical (unpaired) electrons. The summed E-state index contributed by atoms with van der Waals surface area (Å²) in [5, 5.41) is 3.61. The van der Waals surface area contributed by atoms with Crippen LogP contribution in [0.3, 0.4) is 0 Å². The normalized spacial score (nSPS) is 21.1. The second-order valence-electron chi connectivity index (χ2n) is 7.00. The average molecular weight is 487 g/mol. The zero-order valence-electron chi connectivity index (χ0n) is 16.9. The molecule has 7 heteroatoms. The molecular weight excluding hydrogens is 453 g/mol. The summed E-state index contributed by atoms with van der Waals surface area (Å²) >= 11 is 0. The van der Waals surface area contributed by atoms with Crippen LogP contribution in [0.2, 0.25) is 0 Å². The molecule has 1 aromatic rings. The topological polar surface area (TPSA) is 43.3 Å². The van der Waals surface area contributed by atoms with Crippen LogP contribution in [-0.2, 0) is 0 Å². The van der Waals surface area contributed by atoms with Gasteiger partial charge in [-0.2, -0.15) is 0 Å². The van der Waals surface area contributed by atoms with Crippen molar-refractivity contribution < 1.29 is 4.74 Å². The molecule has 2 aliphatic heterocycles. The Morgan fingerprint density at radius 2 is 1.93 bits per heavy atom. The number of aliphatic imine (C=N–C) groups is 1. The molecule has 0 bridgehead atoms. The number of guanidine groups is 1. The highest BCUT2D eigenvalue weighted by atomic mass is 127. The summed E-state index contributed by atoms with van der Waals surface area (Å²) in [6.45, 7) is 9.52. The molecule has 3 rings (SSSR count). The van der Waals surface area contributed by atoms with E-state index in [1.54, 1.807) is 7.11 Å². The Morgan fingerprint density at radius 3 is 2.59 bits per heavy atom. The van der Waals surface area contributed by atoms with E-state index in [1.807, 2.05) is 19.2 Å². The Labute approximate surface area is 181 Å². The number of likely N-dealkylation sites (tertiary alicyclic amines) is 1. The smallest absolute Gasteiger partial charge is 0.193 e. The Morgan fingerprint density at radius 1 is 1.19 bits per heavy atom. The van der Waals surface area contributed by atoms with Gasteiger partial charge >= 0.3 is 0 Å². The minimum Gasteiger partial charge on any atom is -0.495 e. The van der Waals surface area contributed by atoms with Gasteiger partial charge in [0.15, 0.2) is 5.96 Å². The summed E-state index contributed by atoms with van der Waals surface area (Å²) < 4.78 is 5.51. The predicted octanol–water partition coefficient (Wildman–Crippen LogP) is 2.49. The van der Waals surface area contributed by atoms with Crippen molar-refractivity contribution in [1.82, 2.24) is 15.1 Å². The number of methoxy groups -OCH3 is 1. The van der Waals surface area contributed by atoms with Gasteiger partial charge in [-0.1, -0.05) is 19.1 Å². The number of benzene rings is 1. The first-order chi connectivity index (χ1) is 12.8. The molecule has 1 N–H and O–H groups in total. The number of para-hydroxylation sites is 2. The molecule has 0 saturated carbocycles. The number of halogens is 1. The van der Waals surface area contributed by atoms with E-state index in [4.69, 9.17) is 4.74 Å². The van der Waals surface area contributed by atoms with Crippen molar-refractivity contribution >= 4 is 35.6 Å².